The Balaban J connectivity index is 0. The van der Waals surface area contributed by atoms with E-state index in [0.29, 0.717) is 0 Å². The summed E-state index contributed by atoms with van der Waals surface area (Å²) in [5.41, 5.74) is 0. The third kappa shape index (κ3) is 12.4. The molecule has 0 radical (unpaired) electrons. The molecular weight excluding hydrogens is 100 g/mol. The zero-order chi connectivity index (χ0) is 3.41. The third-order valence-electron chi connectivity index (χ3n) is 0.354. The van der Waals surface area contributed by atoms with Crippen LogP contribution < -0.4 is 0 Å². The Hall–Kier alpha value is 0.532. The molecule has 0 aromatic carbocycles. The van der Waals surface area contributed by atoms with Crippen LogP contribution in [-0.4, -0.2) is 0 Å². The van der Waals surface area contributed by atoms with E-state index in [1.165, 1.54) is 6.42 Å². The molecule has 0 amide bonds. The molecule has 0 aromatic rings. The molecule has 30 valence electrons. The second-order valence-electron chi connectivity index (χ2n) is 0.854. The van der Waals surface area contributed by atoms with Crippen LogP contribution in [0.25, 0.3) is 0 Å². The van der Waals surface area contributed by atoms with Crippen molar-refractivity contribution in [3.63, 3.8) is 0 Å². The smallest absolute Gasteiger partial charge is 0.343 e. The largest absolute Gasteiger partial charge is 2.00 e. The summed E-state index contributed by atoms with van der Waals surface area (Å²) < 4.78 is 0. The zero-order valence-corrected chi connectivity index (χ0v) is 4.80. The first-order chi connectivity index (χ1) is 1.91. The van der Waals surface area contributed by atoms with Crippen LogP contribution >= 0.6 is 0 Å². The maximum absolute atomic E-state index is 3.60. The van der Waals surface area contributed by atoms with Crippen molar-refractivity contribution in [3.8, 4) is 0 Å². The first-order valence-corrected chi connectivity index (χ1v) is 1.71. The van der Waals surface area contributed by atoms with Crippen molar-refractivity contribution in [1.82, 2.24) is 0 Å². The maximum Gasteiger partial charge on any atom is 2.00 e. The Morgan fingerprint density at radius 1 is 1.60 bits per heavy atom. The van der Waals surface area contributed by atoms with E-state index in [1.807, 2.05) is 0 Å². The van der Waals surface area contributed by atoms with Crippen LogP contribution in [0.2, 0.25) is 0 Å². The van der Waals surface area contributed by atoms with E-state index >= 15 is 0 Å². The van der Waals surface area contributed by atoms with Gasteiger partial charge in [0.15, 0.2) is 0 Å². The Labute approximate surface area is 44.7 Å². The van der Waals surface area contributed by atoms with Crippen LogP contribution in [0.4, 0.5) is 0 Å². The van der Waals surface area contributed by atoms with Gasteiger partial charge in [-0.1, -0.05) is 13.3 Å². The molecule has 0 aliphatic heterocycles. The molecule has 0 rings (SSSR count). The summed E-state index contributed by atoms with van der Waals surface area (Å²) in [6.45, 7) is 5.72. The summed E-state index contributed by atoms with van der Waals surface area (Å²) >= 11 is 0. The molecule has 0 spiro atoms. The Morgan fingerprint density at radius 3 is 1.80 bits per heavy atom. The summed E-state index contributed by atoms with van der Waals surface area (Å²) in [5, 5.41) is 0. The van der Waals surface area contributed by atoms with Crippen molar-refractivity contribution in [3.05, 3.63) is 6.92 Å². The minimum absolute atomic E-state index is 0. The minimum Gasteiger partial charge on any atom is -0.343 e. The van der Waals surface area contributed by atoms with Gasteiger partial charge in [-0.2, -0.15) is 6.42 Å². The second-order valence-corrected chi connectivity index (χ2v) is 0.854. The molecule has 0 atom stereocenters. The van der Waals surface area contributed by atoms with Gasteiger partial charge in [0.2, 0.25) is 0 Å². The number of hydrogen-bond acceptors (Lipinski definition) is 0. The Bertz CT molecular complexity index is 5.61. The van der Waals surface area contributed by atoms with E-state index in [0.717, 1.165) is 6.42 Å². The number of hydrogen-bond donors (Lipinski definition) is 0. The zero-order valence-electron chi connectivity index (χ0n) is 3.53. The molecule has 0 heterocycles. The molecule has 0 aliphatic carbocycles. The predicted molar refractivity (Wildman–Crippen MR) is 20.3 cm³/mol. The van der Waals surface area contributed by atoms with Crippen LogP contribution in [0.15, 0.2) is 0 Å². The van der Waals surface area contributed by atoms with Gasteiger partial charge in [-0.25, -0.2) is 0 Å². The maximum atomic E-state index is 3.60. The van der Waals surface area contributed by atoms with Gasteiger partial charge < -0.3 is 6.92 Å². The van der Waals surface area contributed by atoms with Gasteiger partial charge in [0.05, 0.1) is 0 Å². The van der Waals surface area contributed by atoms with Gasteiger partial charge in [-0.05, 0) is 0 Å². The van der Waals surface area contributed by atoms with Crippen LogP contribution in [0.3, 0.4) is 0 Å². The SMILES string of the molecule is [CH2-]CCC.[Cr+2]. The van der Waals surface area contributed by atoms with Crippen molar-refractivity contribution < 1.29 is 17.4 Å². The van der Waals surface area contributed by atoms with E-state index in [9.17, 15) is 0 Å². The van der Waals surface area contributed by atoms with Crippen molar-refractivity contribution in [1.29, 1.82) is 0 Å². The first-order valence-electron chi connectivity index (χ1n) is 1.71. The molecular formula is C4H9Cr+. The van der Waals surface area contributed by atoms with Gasteiger partial charge in [0.25, 0.3) is 0 Å². The van der Waals surface area contributed by atoms with Crippen LogP contribution in [0.5, 0.6) is 0 Å². The molecule has 0 saturated carbocycles. The summed E-state index contributed by atoms with van der Waals surface area (Å²) in [6.07, 6.45) is 2.28. The quantitative estimate of drug-likeness (QED) is 0.449. The number of unbranched alkanes of at least 4 members (excludes halogenated alkanes) is 1. The first kappa shape index (κ1) is 9.11. The van der Waals surface area contributed by atoms with E-state index in [-0.39, 0.29) is 17.4 Å². The molecule has 0 N–H and O–H groups in total. The average molecular weight is 109 g/mol. The summed E-state index contributed by atoms with van der Waals surface area (Å²) in [6, 6.07) is 0. The molecule has 0 aliphatic rings. The normalized spacial score (nSPS) is 6.00. The molecule has 0 unspecified atom stereocenters. The van der Waals surface area contributed by atoms with Gasteiger partial charge in [0.1, 0.15) is 0 Å². The van der Waals surface area contributed by atoms with Crippen molar-refractivity contribution in [2.75, 3.05) is 0 Å². The monoisotopic (exact) mass is 109 g/mol. The van der Waals surface area contributed by atoms with Crippen molar-refractivity contribution >= 4 is 0 Å². The fraction of sp³-hybridized carbons (Fsp3) is 0.750. The van der Waals surface area contributed by atoms with Crippen molar-refractivity contribution in [2.24, 2.45) is 0 Å². The molecule has 0 saturated heterocycles. The minimum atomic E-state index is 0. The van der Waals surface area contributed by atoms with Gasteiger partial charge in [-0.15, -0.1) is 0 Å². The Morgan fingerprint density at radius 2 is 1.80 bits per heavy atom. The standard InChI is InChI=1S/C4H9.Cr/c1-3-4-2;/h1,3-4H2,2H3;/q-1;+2. The molecule has 0 aromatic heterocycles. The average Bonchev–Trinajstić information content (AvgIpc) is 1.37. The fourth-order valence-corrected chi connectivity index (χ4v) is 0. The van der Waals surface area contributed by atoms with Crippen LogP contribution in [0, 0.1) is 6.92 Å². The molecule has 0 bridgehead atoms. The molecule has 5 heavy (non-hydrogen) atoms. The second kappa shape index (κ2) is 8.82. The topological polar surface area (TPSA) is 0 Å². The van der Waals surface area contributed by atoms with Crippen molar-refractivity contribution in [2.45, 2.75) is 19.8 Å². The summed E-state index contributed by atoms with van der Waals surface area (Å²) in [5.74, 6) is 0. The molecule has 0 nitrogen and oxygen atoms in total. The van der Waals surface area contributed by atoms with Gasteiger partial charge >= 0.3 is 17.4 Å². The number of rotatable bonds is 1. The molecule has 1 heteroatoms. The van der Waals surface area contributed by atoms with Gasteiger partial charge in [0, 0.05) is 0 Å². The predicted octanol–water partition coefficient (Wildman–Crippen LogP) is 1.62. The summed E-state index contributed by atoms with van der Waals surface area (Å²) in [7, 11) is 0. The van der Waals surface area contributed by atoms with Crippen LogP contribution in [0.1, 0.15) is 19.8 Å². The fourth-order valence-electron chi connectivity index (χ4n) is 0. The van der Waals surface area contributed by atoms with Crippen LogP contribution in [-0.2, 0) is 17.4 Å². The van der Waals surface area contributed by atoms with E-state index in [2.05, 4.69) is 13.8 Å². The van der Waals surface area contributed by atoms with E-state index in [4.69, 9.17) is 0 Å². The Kier molecular flexibility index (Phi) is 16.1. The van der Waals surface area contributed by atoms with E-state index in [1.54, 1.807) is 0 Å². The van der Waals surface area contributed by atoms with Gasteiger partial charge in [-0.3, -0.25) is 0 Å². The molecule has 0 fully saturated rings. The third-order valence-corrected chi connectivity index (χ3v) is 0.354. The summed E-state index contributed by atoms with van der Waals surface area (Å²) in [4.78, 5) is 0. The van der Waals surface area contributed by atoms with E-state index < -0.39 is 0 Å².